The van der Waals surface area contributed by atoms with Crippen LogP contribution in [0, 0.1) is 0 Å². The Morgan fingerprint density at radius 1 is 1.20 bits per heavy atom. The van der Waals surface area contributed by atoms with Crippen LogP contribution in [0.3, 0.4) is 0 Å². The van der Waals surface area contributed by atoms with Crippen LogP contribution in [-0.4, -0.2) is 18.7 Å². The van der Waals surface area contributed by atoms with Gasteiger partial charge in [-0.1, -0.05) is 37.3 Å². The molecule has 1 N–H and O–H groups in total. The number of nitrogens with zero attached hydrogens (tertiary/aromatic N) is 1. The van der Waals surface area contributed by atoms with Gasteiger partial charge in [-0.25, -0.2) is 13.8 Å². The van der Waals surface area contributed by atoms with Crippen LogP contribution in [0.25, 0.3) is 0 Å². The summed E-state index contributed by atoms with van der Waals surface area (Å²) in [6, 6.07) is 13.7. The van der Waals surface area contributed by atoms with Gasteiger partial charge in [-0.05, 0) is 41.7 Å². The molecule has 3 rings (SSSR count). The maximum absolute atomic E-state index is 13.4. The minimum absolute atomic E-state index is 0.0353. The van der Waals surface area contributed by atoms with Gasteiger partial charge in [0.25, 0.3) is 6.43 Å². The van der Waals surface area contributed by atoms with Crippen molar-refractivity contribution in [2.45, 2.75) is 38.8 Å². The second-order valence-corrected chi connectivity index (χ2v) is 6.30. The first kappa shape index (κ1) is 17.8. The number of methoxy groups -OCH3 is 1. The van der Waals surface area contributed by atoms with E-state index in [1.807, 2.05) is 0 Å². The molecule has 1 atom stereocenters. The molecule has 2 aromatic rings. The molecule has 0 saturated carbocycles. The highest BCUT2D eigenvalue weighted by Gasteiger charge is 2.27. The fraction of sp³-hybridized carbons (Fsp3) is 0.400. The van der Waals surface area contributed by atoms with Gasteiger partial charge >= 0.3 is 0 Å². The van der Waals surface area contributed by atoms with Crippen molar-refractivity contribution in [3.05, 3.63) is 64.7 Å². The van der Waals surface area contributed by atoms with Gasteiger partial charge in [0.05, 0.1) is 13.2 Å². The van der Waals surface area contributed by atoms with E-state index in [1.54, 1.807) is 12.1 Å². The normalized spacial score (nSPS) is 18.0. The molecule has 1 aliphatic rings. The smallest absolute Gasteiger partial charge is 0.264 e. The zero-order chi connectivity index (χ0) is 17.8. The molecule has 0 bridgehead atoms. The number of rotatable bonds is 6. The largest absolute Gasteiger partial charge is 0.497 e. The highest BCUT2D eigenvalue weighted by atomic mass is 19.3. The van der Waals surface area contributed by atoms with E-state index in [0.717, 1.165) is 19.4 Å². The summed E-state index contributed by atoms with van der Waals surface area (Å²) in [5.74, 6) is 0.458. The van der Waals surface area contributed by atoms with Crippen LogP contribution in [0.15, 0.2) is 42.5 Å². The number of halogens is 2. The van der Waals surface area contributed by atoms with Crippen LogP contribution in [0.4, 0.5) is 8.78 Å². The lowest BCUT2D eigenvalue weighted by molar-refractivity contribution is 0.142. The minimum atomic E-state index is -2.52. The van der Waals surface area contributed by atoms with E-state index in [4.69, 9.17) is 4.74 Å². The molecule has 1 aliphatic heterocycles. The number of hydrazine groups is 1. The summed E-state index contributed by atoms with van der Waals surface area (Å²) < 4.78 is 31.9. The maximum atomic E-state index is 13.4. The van der Waals surface area contributed by atoms with E-state index in [1.165, 1.54) is 24.3 Å². The maximum Gasteiger partial charge on any atom is 0.264 e. The lowest BCUT2D eigenvalue weighted by atomic mass is 10.0. The molecule has 0 spiro atoms. The second-order valence-electron chi connectivity index (χ2n) is 6.30. The molecule has 1 heterocycles. The Kier molecular flexibility index (Phi) is 5.66. The predicted octanol–water partition coefficient (Wildman–Crippen LogP) is 4.65. The third-order valence-electron chi connectivity index (χ3n) is 4.81. The Balaban J connectivity index is 1.81. The molecule has 2 aromatic carbocycles. The Hall–Kier alpha value is -1.98. The van der Waals surface area contributed by atoms with Crippen LogP contribution < -0.4 is 10.2 Å². The van der Waals surface area contributed by atoms with Crippen molar-refractivity contribution in [3.8, 4) is 5.75 Å². The van der Waals surface area contributed by atoms with Gasteiger partial charge in [-0.15, -0.1) is 0 Å². The number of hydrogen-bond donors (Lipinski definition) is 1. The fourth-order valence-corrected chi connectivity index (χ4v) is 3.33. The van der Waals surface area contributed by atoms with E-state index < -0.39 is 6.43 Å². The van der Waals surface area contributed by atoms with E-state index in [2.05, 4.69) is 41.6 Å². The first-order valence-corrected chi connectivity index (χ1v) is 8.66. The molecule has 5 heteroatoms. The summed E-state index contributed by atoms with van der Waals surface area (Å²) in [6.45, 7) is 3.41. The molecule has 1 unspecified atom stereocenters. The second kappa shape index (κ2) is 7.93. The van der Waals surface area contributed by atoms with Crippen LogP contribution in [0.5, 0.6) is 5.75 Å². The molecule has 0 amide bonds. The van der Waals surface area contributed by atoms with Crippen molar-refractivity contribution in [1.29, 1.82) is 0 Å². The van der Waals surface area contributed by atoms with Gasteiger partial charge in [0.2, 0.25) is 0 Å². The minimum Gasteiger partial charge on any atom is -0.497 e. The first-order chi connectivity index (χ1) is 12.1. The SMILES string of the molecule is CCc1ccc(C2CCNN2Cc2ccc(OC)cc2C(F)F)cc1. The van der Waals surface area contributed by atoms with E-state index >= 15 is 0 Å². The monoisotopic (exact) mass is 346 g/mol. The van der Waals surface area contributed by atoms with Gasteiger partial charge in [0.15, 0.2) is 0 Å². The molecule has 0 aromatic heterocycles. The summed E-state index contributed by atoms with van der Waals surface area (Å²) in [5, 5.41) is 2.06. The van der Waals surface area contributed by atoms with Crippen LogP contribution in [0.1, 0.15) is 48.1 Å². The van der Waals surface area contributed by atoms with Gasteiger partial charge in [-0.3, -0.25) is 5.43 Å². The standard InChI is InChI=1S/C20H24F2N2O/c1-3-14-4-6-15(7-5-14)19-10-11-23-24(19)13-16-8-9-17(25-2)12-18(16)20(21)22/h4-9,12,19-20,23H,3,10-11,13H2,1-2H3. The van der Waals surface area contributed by atoms with Crippen LogP contribution >= 0.6 is 0 Å². The summed E-state index contributed by atoms with van der Waals surface area (Å²) in [7, 11) is 1.49. The molecule has 0 radical (unpaired) electrons. The molecule has 1 saturated heterocycles. The summed E-state index contributed by atoms with van der Waals surface area (Å²) in [5.41, 5.74) is 6.51. The average Bonchev–Trinajstić information content (AvgIpc) is 3.10. The quantitative estimate of drug-likeness (QED) is 0.824. The predicted molar refractivity (Wildman–Crippen MR) is 94.7 cm³/mol. The number of alkyl halides is 2. The molecule has 0 aliphatic carbocycles. The lowest BCUT2D eigenvalue weighted by Crippen LogP contribution is -2.32. The summed E-state index contributed by atoms with van der Waals surface area (Å²) >= 11 is 0. The molecule has 134 valence electrons. The van der Waals surface area contributed by atoms with Gasteiger partial charge < -0.3 is 4.74 Å². The van der Waals surface area contributed by atoms with E-state index in [0.29, 0.717) is 17.9 Å². The number of benzene rings is 2. The van der Waals surface area contributed by atoms with Crippen LogP contribution in [0.2, 0.25) is 0 Å². The molecule has 3 nitrogen and oxygen atoms in total. The Morgan fingerprint density at radius 3 is 2.60 bits per heavy atom. The van der Waals surface area contributed by atoms with Crippen molar-refractivity contribution in [2.24, 2.45) is 0 Å². The van der Waals surface area contributed by atoms with Gasteiger partial charge in [0, 0.05) is 18.7 Å². The van der Waals surface area contributed by atoms with Crippen molar-refractivity contribution in [2.75, 3.05) is 13.7 Å². The van der Waals surface area contributed by atoms with Crippen molar-refractivity contribution in [3.63, 3.8) is 0 Å². The Bertz CT molecular complexity index is 703. The third-order valence-corrected chi connectivity index (χ3v) is 4.81. The molecule has 1 fully saturated rings. The highest BCUT2D eigenvalue weighted by Crippen LogP contribution is 2.32. The molecule has 25 heavy (non-hydrogen) atoms. The summed E-state index contributed by atoms with van der Waals surface area (Å²) in [6.07, 6.45) is -0.544. The molecular formula is C20H24F2N2O. The third kappa shape index (κ3) is 3.99. The Labute approximate surface area is 147 Å². The Morgan fingerprint density at radius 2 is 1.96 bits per heavy atom. The highest BCUT2D eigenvalue weighted by molar-refractivity contribution is 5.37. The summed E-state index contributed by atoms with van der Waals surface area (Å²) in [4.78, 5) is 0. The first-order valence-electron chi connectivity index (χ1n) is 8.66. The van der Waals surface area contributed by atoms with E-state index in [-0.39, 0.29) is 11.6 Å². The number of nitrogens with one attached hydrogen (secondary N) is 1. The van der Waals surface area contributed by atoms with Gasteiger partial charge in [0.1, 0.15) is 5.75 Å². The number of ether oxygens (including phenoxy) is 1. The van der Waals surface area contributed by atoms with Crippen molar-refractivity contribution in [1.82, 2.24) is 10.4 Å². The van der Waals surface area contributed by atoms with Crippen LogP contribution in [-0.2, 0) is 13.0 Å². The average molecular weight is 346 g/mol. The zero-order valence-corrected chi connectivity index (χ0v) is 14.6. The number of hydrogen-bond acceptors (Lipinski definition) is 3. The fourth-order valence-electron chi connectivity index (χ4n) is 3.33. The zero-order valence-electron chi connectivity index (χ0n) is 14.6. The lowest BCUT2D eigenvalue weighted by Gasteiger charge is -2.26. The van der Waals surface area contributed by atoms with Crippen molar-refractivity contribution < 1.29 is 13.5 Å². The van der Waals surface area contributed by atoms with Crippen molar-refractivity contribution >= 4 is 0 Å². The number of aryl methyl sites for hydroxylation is 1. The molecular weight excluding hydrogens is 322 g/mol. The van der Waals surface area contributed by atoms with E-state index in [9.17, 15) is 8.78 Å². The topological polar surface area (TPSA) is 24.5 Å². The van der Waals surface area contributed by atoms with Gasteiger partial charge in [-0.2, -0.15) is 0 Å².